The number of likely N-dealkylation sites (tertiary alicyclic amines) is 1. The minimum Gasteiger partial charge on any atom is -0.378 e. The Hall–Kier alpha value is -3.44. The van der Waals surface area contributed by atoms with Gasteiger partial charge in [0.25, 0.3) is 11.8 Å². The molecular formula is C27H34N4O6S. The van der Waals surface area contributed by atoms with Crippen LogP contribution in [0.4, 0.5) is 11.4 Å². The maximum atomic E-state index is 13.2. The minimum absolute atomic E-state index is 0.150. The number of rotatable bonds is 7. The first-order chi connectivity index (χ1) is 18.2. The Bertz CT molecular complexity index is 1250. The first-order valence-electron chi connectivity index (χ1n) is 12.9. The molecule has 0 bridgehead atoms. The van der Waals surface area contributed by atoms with Crippen LogP contribution in [0.1, 0.15) is 46.4 Å². The van der Waals surface area contributed by atoms with Gasteiger partial charge >= 0.3 is 0 Å². The fraction of sp³-hybridized carbons (Fsp3) is 0.444. The predicted molar refractivity (Wildman–Crippen MR) is 145 cm³/mol. The van der Waals surface area contributed by atoms with Crippen molar-refractivity contribution in [3.63, 3.8) is 0 Å². The van der Waals surface area contributed by atoms with Crippen molar-refractivity contribution in [2.24, 2.45) is 0 Å². The zero-order valence-electron chi connectivity index (χ0n) is 21.6. The molecule has 1 N–H and O–H groups in total. The van der Waals surface area contributed by atoms with Crippen molar-refractivity contribution < 1.29 is 27.5 Å². The van der Waals surface area contributed by atoms with E-state index in [1.54, 1.807) is 46.2 Å². The lowest BCUT2D eigenvalue weighted by molar-refractivity contribution is -0.114. The summed E-state index contributed by atoms with van der Waals surface area (Å²) in [4.78, 5) is 42.4. The highest BCUT2D eigenvalue weighted by atomic mass is 32.2. The Morgan fingerprint density at radius 1 is 0.842 bits per heavy atom. The number of nitrogens with zero attached hydrogens (tertiary/aromatic N) is 3. The second kappa shape index (κ2) is 12.4. The van der Waals surface area contributed by atoms with Gasteiger partial charge in [0.15, 0.2) is 0 Å². The van der Waals surface area contributed by atoms with Gasteiger partial charge < -0.3 is 19.9 Å². The van der Waals surface area contributed by atoms with E-state index >= 15 is 0 Å². The van der Waals surface area contributed by atoms with Gasteiger partial charge in [-0.15, -0.1) is 0 Å². The molecule has 0 spiro atoms. The Morgan fingerprint density at radius 2 is 1.45 bits per heavy atom. The molecular weight excluding hydrogens is 508 g/mol. The van der Waals surface area contributed by atoms with Gasteiger partial charge in [-0.2, -0.15) is 0 Å². The van der Waals surface area contributed by atoms with Gasteiger partial charge in [-0.1, -0.05) is 25.0 Å². The molecule has 4 rings (SSSR count). The lowest BCUT2D eigenvalue weighted by atomic mass is 10.1. The Balaban J connectivity index is 1.47. The summed E-state index contributed by atoms with van der Waals surface area (Å²) in [5, 5.41) is 2.73. The van der Waals surface area contributed by atoms with E-state index in [1.807, 2.05) is 0 Å². The lowest BCUT2D eigenvalue weighted by Gasteiger charge is -2.27. The Labute approximate surface area is 223 Å². The molecule has 2 heterocycles. The maximum absolute atomic E-state index is 13.2. The highest BCUT2D eigenvalue weighted by molar-refractivity contribution is 7.92. The highest BCUT2D eigenvalue weighted by Crippen LogP contribution is 2.22. The quantitative estimate of drug-likeness (QED) is 0.575. The molecule has 0 aliphatic carbocycles. The average molecular weight is 543 g/mol. The number of carbonyl (C=O) groups is 3. The minimum atomic E-state index is -3.82. The van der Waals surface area contributed by atoms with Crippen LogP contribution in [0.25, 0.3) is 0 Å². The smallest absolute Gasteiger partial charge is 0.255 e. The summed E-state index contributed by atoms with van der Waals surface area (Å²) in [7, 11) is -3.82. The molecule has 2 saturated heterocycles. The van der Waals surface area contributed by atoms with Crippen LogP contribution in [-0.4, -0.2) is 88.1 Å². The number of amides is 3. The molecule has 2 aromatic carbocycles. The normalized spacial score (nSPS) is 16.4. The maximum Gasteiger partial charge on any atom is 0.255 e. The molecule has 0 saturated carbocycles. The summed E-state index contributed by atoms with van der Waals surface area (Å²) in [6.45, 7) is 2.82. The number of hydrogen-bond donors (Lipinski definition) is 1. The second-order valence-electron chi connectivity index (χ2n) is 9.52. The van der Waals surface area contributed by atoms with Crippen LogP contribution in [-0.2, 0) is 19.6 Å². The summed E-state index contributed by atoms with van der Waals surface area (Å²) in [6.07, 6.45) is 5.09. The van der Waals surface area contributed by atoms with E-state index in [4.69, 9.17) is 4.74 Å². The van der Waals surface area contributed by atoms with Crippen molar-refractivity contribution in [1.82, 2.24) is 9.80 Å². The van der Waals surface area contributed by atoms with Gasteiger partial charge in [-0.05, 0) is 49.2 Å². The molecule has 0 aromatic heterocycles. The standard InChI is InChI=1S/C27H34N4O6S/c1-38(35,36)31(22-12-10-21(11-13-22)26(33)30-16-18-37-19-17-30)20-25(32)28-24-9-5-4-8-23(24)27(34)29-14-6-2-3-7-15-29/h4-5,8-13H,2-3,6-7,14-20H2,1H3,(H,28,32). The number of ether oxygens (including phenoxy) is 1. The first-order valence-corrected chi connectivity index (χ1v) is 14.7. The molecule has 0 atom stereocenters. The van der Waals surface area contributed by atoms with E-state index in [0.29, 0.717) is 56.2 Å². The highest BCUT2D eigenvalue weighted by Gasteiger charge is 2.25. The molecule has 2 aliphatic heterocycles. The Kier molecular flexibility index (Phi) is 9.01. The molecule has 2 aromatic rings. The van der Waals surface area contributed by atoms with Crippen molar-refractivity contribution in [1.29, 1.82) is 0 Å². The van der Waals surface area contributed by atoms with Crippen molar-refractivity contribution >= 4 is 39.1 Å². The van der Waals surface area contributed by atoms with Crippen LogP contribution in [0.5, 0.6) is 0 Å². The molecule has 204 valence electrons. The molecule has 0 radical (unpaired) electrons. The molecule has 2 aliphatic rings. The van der Waals surface area contributed by atoms with E-state index < -0.39 is 22.5 Å². The summed E-state index contributed by atoms with van der Waals surface area (Å²) in [5.41, 5.74) is 1.40. The fourth-order valence-corrected chi connectivity index (χ4v) is 5.52. The molecule has 0 unspecified atom stereocenters. The van der Waals surface area contributed by atoms with Crippen LogP contribution in [0, 0.1) is 0 Å². The monoisotopic (exact) mass is 542 g/mol. The van der Waals surface area contributed by atoms with Gasteiger partial charge in [0.2, 0.25) is 15.9 Å². The molecule has 11 heteroatoms. The molecule has 10 nitrogen and oxygen atoms in total. The van der Waals surface area contributed by atoms with Gasteiger partial charge in [0, 0.05) is 31.7 Å². The van der Waals surface area contributed by atoms with Gasteiger partial charge in [-0.25, -0.2) is 8.42 Å². The van der Waals surface area contributed by atoms with E-state index in [-0.39, 0.29) is 17.5 Å². The average Bonchev–Trinajstić information content (AvgIpc) is 3.21. The van der Waals surface area contributed by atoms with E-state index in [1.165, 1.54) is 12.1 Å². The largest absolute Gasteiger partial charge is 0.378 e. The lowest BCUT2D eigenvalue weighted by Crippen LogP contribution is -2.40. The predicted octanol–water partition coefficient (Wildman–Crippen LogP) is 2.58. The number of anilines is 2. The zero-order chi connectivity index (χ0) is 27.1. The molecule has 3 amide bonds. The first kappa shape index (κ1) is 27.6. The molecule has 38 heavy (non-hydrogen) atoms. The third kappa shape index (κ3) is 6.90. The third-order valence-electron chi connectivity index (χ3n) is 6.71. The van der Waals surface area contributed by atoms with E-state index in [0.717, 1.165) is 36.2 Å². The number of hydrogen-bond acceptors (Lipinski definition) is 6. The van der Waals surface area contributed by atoms with Gasteiger partial charge in [0.1, 0.15) is 6.54 Å². The Morgan fingerprint density at radius 3 is 2.08 bits per heavy atom. The number of nitrogens with one attached hydrogen (secondary N) is 1. The van der Waals surface area contributed by atoms with Gasteiger partial charge in [-0.3, -0.25) is 18.7 Å². The summed E-state index contributed by atoms with van der Waals surface area (Å²) in [5.74, 6) is -0.891. The number of para-hydroxylation sites is 1. The summed E-state index contributed by atoms with van der Waals surface area (Å²) >= 11 is 0. The van der Waals surface area contributed by atoms with Crippen LogP contribution in [0.3, 0.4) is 0 Å². The topological polar surface area (TPSA) is 116 Å². The van der Waals surface area contributed by atoms with Crippen LogP contribution in [0.2, 0.25) is 0 Å². The van der Waals surface area contributed by atoms with Crippen LogP contribution in [0.15, 0.2) is 48.5 Å². The van der Waals surface area contributed by atoms with Crippen LogP contribution >= 0.6 is 0 Å². The van der Waals surface area contributed by atoms with Crippen LogP contribution < -0.4 is 9.62 Å². The number of benzene rings is 2. The van der Waals surface area contributed by atoms with Crippen molar-refractivity contribution in [2.45, 2.75) is 25.7 Å². The summed E-state index contributed by atoms with van der Waals surface area (Å²) < 4.78 is 31.5. The van der Waals surface area contributed by atoms with Crippen molar-refractivity contribution in [2.75, 3.05) is 61.8 Å². The molecule has 2 fully saturated rings. The second-order valence-corrected chi connectivity index (χ2v) is 11.4. The fourth-order valence-electron chi connectivity index (χ4n) is 4.66. The van der Waals surface area contributed by atoms with E-state index in [2.05, 4.69) is 5.32 Å². The SMILES string of the molecule is CS(=O)(=O)N(CC(=O)Nc1ccccc1C(=O)N1CCCCCC1)c1ccc(C(=O)N2CCOCC2)cc1. The summed E-state index contributed by atoms with van der Waals surface area (Å²) in [6, 6.07) is 12.9. The number of carbonyl (C=O) groups excluding carboxylic acids is 3. The number of morpholine rings is 1. The van der Waals surface area contributed by atoms with Crippen molar-refractivity contribution in [3.8, 4) is 0 Å². The van der Waals surface area contributed by atoms with Crippen molar-refractivity contribution in [3.05, 3.63) is 59.7 Å². The van der Waals surface area contributed by atoms with E-state index in [9.17, 15) is 22.8 Å². The third-order valence-corrected chi connectivity index (χ3v) is 7.85. The number of sulfonamides is 1. The van der Waals surface area contributed by atoms with Gasteiger partial charge in [0.05, 0.1) is 36.4 Å². The zero-order valence-corrected chi connectivity index (χ0v) is 22.4.